The number of hydrogen-bond donors (Lipinski definition) is 1. The third-order valence-electron chi connectivity index (χ3n) is 5.80. The van der Waals surface area contributed by atoms with E-state index in [0.717, 1.165) is 17.7 Å². The van der Waals surface area contributed by atoms with Gasteiger partial charge in [0, 0.05) is 19.6 Å². The molecule has 0 unspecified atom stereocenters. The van der Waals surface area contributed by atoms with Crippen LogP contribution in [0.15, 0.2) is 72.8 Å². The van der Waals surface area contributed by atoms with Crippen molar-refractivity contribution < 1.29 is 27.5 Å². The van der Waals surface area contributed by atoms with Gasteiger partial charge in [0.2, 0.25) is 0 Å². The van der Waals surface area contributed by atoms with Crippen LogP contribution >= 0.6 is 0 Å². The van der Waals surface area contributed by atoms with Crippen LogP contribution in [0, 0.1) is 6.92 Å². The number of aryl methyl sites for hydroxylation is 1. The van der Waals surface area contributed by atoms with E-state index in [0.29, 0.717) is 42.2 Å². The molecule has 0 spiro atoms. The maximum Gasteiger partial charge on any atom is 0.416 e. The molecule has 188 valence electrons. The van der Waals surface area contributed by atoms with Gasteiger partial charge in [-0.3, -0.25) is 9.69 Å². The highest BCUT2D eigenvalue weighted by molar-refractivity contribution is 6.01. The molecule has 0 radical (unpaired) electrons. The van der Waals surface area contributed by atoms with Crippen molar-refractivity contribution in [1.29, 1.82) is 0 Å². The van der Waals surface area contributed by atoms with E-state index >= 15 is 0 Å². The molecule has 0 atom stereocenters. The van der Waals surface area contributed by atoms with Gasteiger partial charge in [-0.2, -0.15) is 13.2 Å². The second-order valence-electron chi connectivity index (χ2n) is 8.57. The van der Waals surface area contributed by atoms with E-state index in [9.17, 15) is 22.8 Å². The van der Waals surface area contributed by atoms with Gasteiger partial charge in [-0.25, -0.2) is 4.79 Å². The fourth-order valence-corrected chi connectivity index (χ4v) is 4.01. The van der Waals surface area contributed by atoms with Gasteiger partial charge in [0.15, 0.2) is 6.61 Å². The highest BCUT2D eigenvalue weighted by Crippen LogP contribution is 2.32. The van der Waals surface area contributed by atoms with Gasteiger partial charge < -0.3 is 15.0 Å². The van der Waals surface area contributed by atoms with Crippen molar-refractivity contribution in [2.24, 2.45) is 0 Å². The molecule has 1 aliphatic heterocycles. The first-order chi connectivity index (χ1) is 17.2. The maximum absolute atomic E-state index is 13.3. The smallest absolute Gasteiger partial charge is 0.416 e. The number of alkyl halides is 3. The first-order valence-electron chi connectivity index (χ1n) is 11.5. The molecule has 0 saturated carbocycles. The van der Waals surface area contributed by atoms with Crippen molar-refractivity contribution in [2.45, 2.75) is 26.1 Å². The van der Waals surface area contributed by atoms with Crippen LogP contribution in [-0.2, 0) is 17.5 Å². The number of para-hydroxylation sites is 1. The minimum absolute atomic E-state index is 0.186. The number of carbonyl (C=O) groups excluding carboxylic acids is 2. The largest absolute Gasteiger partial charge is 0.484 e. The van der Waals surface area contributed by atoms with Crippen molar-refractivity contribution in [2.75, 3.05) is 29.9 Å². The van der Waals surface area contributed by atoms with E-state index in [-0.39, 0.29) is 25.1 Å². The second kappa shape index (κ2) is 10.7. The summed E-state index contributed by atoms with van der Waals surface area (Å²) < 4.78 is 44.1. The predicted molar refractivity (Wildman–Crippen MR) is 131 cm³/mol. The Balaban J connectivity index is 1.46. The number of halogens is 3. The Morgan fingerprint density at radius 1 is 1.00 bits per heavy atom. The molecule has 0 aliphatic carbocycles. The lowest BCUT2D eigenvalue weighted by molar-refractivity contribution is -0.137. The van der Waals surface area contributed by atoms with E-state index in [1.807, 2.05) is 31.2 Å². The zero-order valence-corrected chi connectivity index (χ0v) is 19.7. The van der Waals surface area contributed by atoms with Gasteiger partial charge >= 0.3 is 12.2 Å². The summed E-state index contributed by atoms with van der Waals surface area (Å²) in [6.45, 7) is 2.82. The Kier molecular flexibility index (Phi) is 7.47. The number of hydrogen-bond acceptors (Lipinski definition) is 3. The topological polar surface area (TPSA) is 61.9 Å². The van der Waals surface area contributed by atoms with E-state index < -0.39 is 11.7 Å². The number of rotatable bonds is 7. The van der Waals surface area contributed by atoms with Crippen LogP contribution < -0.4 is 15.0 Å². The van der Waals surface area contributed by atoms with Gasteiger partial charge in [-0.05, 0) is 60.9 Å². The zero-order valence-electron chi connectivity index (χ0n) is 19.7. The van der Waals surface area contributed by atoms with Crippen LogP contribution in [-0.4, -0.2) is 36.5 Å². The third kappa shape index (κ3) is 6.16. The summed E-state index contributed by atoms with van der Waals surface area (Å²) in [5.41, 5.74) is 1.82. The summed E-state index contributed by atoms with van der Waals surface area (Å²) in [5.74, 6) is 0.207. The minimum Gasteiger partial charge on any atom is -0.484 e. The molecule has 3 amide bonds. The van der Waals surface area contributed by atoms with Gasteiger partial charge in [0.05, 0.1) is 16.9 Å². The standard InChI is InChI=1S/C27H26F3N3O3/c1-19-8-13-24(23(16-19)31-25(34)18-36-22-6-3-2-4-7-22)33-15-5-14-32(26(33)35)17-20-9-11-21(12-10-20)27(28,29)30/h2-4,6-13,16H,5,14-15,17-18H2,1H3,(H,31,34). The number of nitrogens with zero attached hydrogens (tertiary/aromatic N) is 2. The minimum atomic E-state index is -4.41. The molecule has 3 aromatic carbocycles. The lowest BCUT2D eigenvalue weighted by atomic mass is 10.1. The monoisotopic (exact) mass is 497 g/mol. The number of anilines is 2. The summed E-state index contributed by atoms with van der Waals surface area (Å²) in [6.07, 6.45) is -3.74. The van der Waals surface area contributed by atoms with Crippen LogP contribution in [0.25, 0.3) is 0 Å². The number of urea groups is 1. The van der Waals surface area contributed by atoms with Crippen LogP contribution in [0.2, 0.25) is 0 Å². The van der Waals surface area contributed by atoms with Crippen molar-refractivity contribution in [3.05, 3.63) is 89.5 Å². The van der Waals surface area contributed by atoms with Crippen molar-refractivity contribution >= 4 is 23.3 Å². The van der Waals surface area contributed by atoms with E-state index in [1.54, 1.807) is 34.1 Å². The Morgan fingerprint density at radius 3 is 2.42 bits per heavy atom. The molecule has 36 heavy (non-hydrogen) atoms. The number of nitrogens with one attached hydrogen (secondary N) is 1. The van der Waals surface area contributed by atoms with Crippen LogP contribution in [0.5, 0.6) is 5.75 Å². The predicted octanol–water partition coefficient (Wildman–Crippen LogP) is 5.86. The Labute approximate surface area is 207 Å². The molecule has 4 rings (SSSR count). The number of ether oxygens (including phenoxy) is 1. The molecule has 3 aromatic rings. The normalized spacial score (nSPS) is 14.1. The highest BCUT2D eigenvalue weighted by Gasteiger charge is 2.31. The SMILES string of the molecule is Cc1ccc(N2CCCN(Cc3ccc(C(F)(F)F)cc3)C2=O)c(NC(=O)COc2ccccc2)c1. The molecule has 1 heterocycles. The fourth-order valence-electron chi connectivity index (χ4n) is 4.01. The third-order valence-corrected chi connectivity index (χ3v) is 5.80. The molecule has 9 heteroatoms. The number of carbonyl (C=O) groups is 2. The van der Waals surface area contributed by atoms with Gasteiger partial charge in [-0.15, -0.1) is 0 Å². The number of benzene rings is 3. The van der Waals surface area contributed by atoms with Gasteiger partial charge in [0.1, 0.15) is 5.75 Å². The summed E-state index contributed by atoms with van der Waals surface area (Å²) in [6, 6.07) is 18.9. The van der Waals surface area contributed by atoms with E-state index in [4.69, 9.17) is 4.74 Å². The number of amides is 3. The lowest BCUT2D eigenvalue weighted by Gasteiger charge is -2.36. The molecule has 6 nitrogen and oxygen atoms in total. The van der Waals surface area contributed by atoms with Gasteiger partial charge in [0.25, 0.3) is 5.91 Å². The molecular formula is C27H26F3N3O3. The average molecular weight is 498 g/mol. The molecule has 0 aromatic heterocycles. The highest BCUT2D eigenvalue weighted by atomic mass is 19.4. The molecule has 0 bridgehead atoms. The van der Waals surface area contributed by atoms with Crippen molar-refractivity contribution in [1.82, 2.24) is 4.90 Å². The molecular weight excluding hydrogens is 471 g/mol. The molecule has 1 N–H and O–H groups in total. The van der Waals surface area contributed by atoms with Gasteiger partial charge in [-0.1, -0.05) is 36.4 Å². The van der Waals surface area contributed by atoms with Crippen LogP contribution in [0.1, 0.15) is 23.1 Å². The summed E-state index contributed by atoms with van der Waals surface area (Å²) in [4.78, 5) is 29.1. The summed E-state index contributed by atoms with van der Waals surface area (Å²) in [7, 11) is 0. The van der Waals surface area contributed by atoms with Crippen molar-refractivity contribution in [3.63, 3.8) is 0 Å². The van der Waals surface area contributed by atoms with Crippen molar-refractivity contribution in [3.8, 4) is 5.75 Å². The zero-order chi connectivity index (χ0) is 25.7. The van der Waals surface area contributed by atoms with Crippen LogP contribution in [0.3, 0.4) is 0 Å². The average Bonchev–Trinajstić information content (AvgIpc) is 2.85. The van der Waals surface area contributed by atoms with E-state index in [1.165, 1.54) is 12.1 Å². The summed E-state index contributed by atoms with van der Waals surface area (Å²) >= 11 is 0. The first-order valence-corrected chi connectivity index (χ1v) is 11.5. The Bertz CT molecular complexity index is 1210. The first kappa shape index (κ1) is 25.1. The molecule has 1 fully saturated rings. The Hall–Kier alpha value is -4.01. The lowest BCUT2D eigenvalue weighted by Crippen LogP contribution is -2.49. The second-order valence-corrected chi connectivity index (χ2v) is 8.57. The Morgan fingerprint density at radius 2 is 1.72 bits per heavy atom. The maximum atomic E-state index is 13.3. The summed E-state index contributed by atoms with van der Waals surface area (Å²) in [5, 5.41) is 2.84. The molecule has 1 aliphatic rings. The van der Waals surface area contributed by atoms with Crippen LogP contribution in [0.4, 0.5) is 29.3 Å². The van der Waals surface area contributed by atoms with E-state index in [2.05, 4.69) is 5.32 Å². The molecule has 1 saturated heterocycles. The fraction of sp³-hybridized carbons (Fsp3) is 0.259. The quantitative estimate of drug-likeness (QED) is 0.445.